The first kappa shape index (κ1) is 10.3. The van der Waals surface area contributed by atoms with Gasteiger partial charge in [0.15, 0.2) is 5.12 Å². The van der Waals surface area contributed by atoms with Gasteiger partial charge in [0.05, 0.1) is 0 Å². The Hall–Kier alpha value is -0.800. The molecule has 1 rings (SSSR count). The molecule has 0 saturated heterocycles. The van der Waals surface area contributed by atoms with E-state index in [0.717, 1.165) is 16.7 Å². The highest BCUT2D eigenvalue weighted by molar-refractivity contribution is 8.13. The zero-order valence-electron chi connectivity index (χ0n) is 6.91. The third-order valence-corrected chi connectivity index (χ3v) is 2.36. The van der Waals surface area contributed by atoms with Gasteiger partial charge in [-0.2, -0.15) is 0 Å². The van der Waals surface area contributed by atoms with Crippen molar-refractivity contribution in [3.05, 3.63) is 29.8 Å². The molecule has 1 aromatic rings. The van der Waals surface area contributed by atoms with E-state index in [4.69, 9.17) is 11.6 Å². The average molecular weight is 215 g/mol. The molecule has 4 heteroatoms. The maximum absolute atomic E-state index is 10.7. The Bertz CT molecular complexity index is 332. The van der Waals surface area contributed by atoms with Gasteiger partial charge in [0.1, 0.15) is 0 Å². The summed E-state index contributed by atoms with van der Waals surface area (Å²) in [4.78, 5) is 22.2. The molecule has 0 unspecified atom stereocenters. The molecule has 0 aromatic heterocycles. The van der Waals surface area contributed by atoms with Crippen LogP contribution in [0.5, 0.6) is 0 Å². The molecule has 0 N–H and O–H groups in total. The van der Waals surface area contributed by atoms with E-state index in [0.29, 0.717) is 5.56 Å². The van der Waals surface area contributed by atoms with E-state index in [1.807, 2.05) is 0 Å². The summed E-state index contributed by atoms with van der Waals surface area (Å²) in [7, 11) is 0. The van der Waals surface area contributed by atoms with Gasteiger partial charge >= 0.3 is 0 Å². The zero-order valence-corrected chi connectivity index (χ0v) is 8.48. The summed E-state index contributed by atoms with van der Waals surface area (Å²) in [5.41, 5.74) is 0.439. The molecule has 0 aliphatic carbocycles. The summed E-state index contributed by atoms with van der Waals surface area (Å²) in [5.74, 6) is 0. The number of rotatable bonds is 2. The van der Waals surface area contributed by atoms with Gasteiger partial charge < -0.3 is 0 Å². The summed E-state index contributed by atoms with van der Waals surface area (Å²) in [6.45, 7) is 1.49. The van der Waals surface area contributed by atoms with E-state index < -0.39 is 5.24 Å². The minimum absolute atomic E-state index is 0.0185. The number of carbonyl (C=O) groups excluding carboxylic acids is 2. The van der Waals surface area contributed by atoms with Crippen LogP contribution in [0.4, 0.5) is 0 Å². The lowest BCUT2D eigenvalue weighted by Gasteiger charge is -1.97. The van der Waals surface area contributed by atoms with Crippen LogP contribution >= 0.6 is 23.4 Å². The van der Waals surface area contributed by atoms with Crippen molar-refractivity contribution in [2.24, 2.45) is 0 Å². The molecule has 0 aliphatic heterocycles. The Morgan fingerprint density at radius 2 is 1.77 bits per heavy atom. The molecular formula is C9H7ClO2S. The number of halogens is 1. The first-order chi connectivity index (χ1) is 6.09. The highest BCUT2D eigenvalue weighted by Crippen LogP contribution is 2.19. The Morgan fingerprint density at radius 1 is 1.23 bits per heavy atom. The summed E-state index contributed by atoms with van der Waals surface area (Å²) < 4.78 is 0. The summed E-state index contributed by atoms with van der Waals surface area (Å²) in [6.07, 6.45) is 0. The Labute approximate surface area is 85.3 Å². The van der Waals surface area contributed by atoms with Crippen molar-refractivity contribution in [1.82, 2.24) is 0 Å². The monoisotopic (exact) mass is 214 g/mol. The molecular weight excluding hydrogens is 208 g/mol. The SMILES string of the molecule is CC(=O)Sc1ccc(C(=O)Cl)cc1. The maximum Gasteiger partial charge on any atom is 0.252 e. The van der Waals surface area contributed by atoms with Crippen LogP contribution in [0.15, 0.2) is 29.2 Å². The first-order valence-electron chi connectivity index (χ1n) is 3.58. The predicted octanol–water partition coefficient (Wildman–Crippen LogP) is 2.70. The lowest BCUT2D eigenvalue weighted by atomic mass is 10.2. The van der Waals surface area contributed by atoms with Gasteiger partial charge in [-0.15, -0.1) is 0 Å². The van der Waals surface area contributed by atoms with Gasteiger partial charge in [-0.1, -0.05) is 11.8 Å². The van der Waals surface area contributed by atoms with Crippen molar-refractivity contribution in [1.29, 1.82) is 0 Å². The molecule has 0 spiro atoms. The summed E-state index contributed by atoms with van der Waals surface area (Å²) in [6, 6.07) is 6.59. The first-order valence-corrected chi connectivity index (χ1v) is 4.77. The van der Waals surface area contributed by atoms with E-state index in [1.165, 1.54) is 6.92 Å². The largest absolute Gasteiger partial charge is 0.287 e. The lowest BCUT2D eigenvalue weighted by molar-refractivity contribution is -0.109. The fourth-order valence-corrected chi connectivity index (χ4v) is 1.55. The van der Waals surface area contributed by atoms with E-state index >= 15 is 0 Å². The number of benzene rings is 1. The van der Waals surface area contributed by atoms with E-state index in [2.05, 4.69) is 0 Å². The van der Waals surface area contributed by atoms with Crippen LogP contribution in [0, 0.1) is 0 Å². The van der Waals surface area contributed by atoms with Gasteiger partial charge in [-0.05, 0) is 35.9 Å². The standard InChI is InChI=1S/C9H7ClO2S/c1-6(11)13-8-4-2-7(3-5-8)9(10)12/h2-5H,1H3. The summed E-state index contributed by atoms with van der Waals surface area (Å²) in [5, 5.41) is -0.468. The van der Waals surface area contributed by atoms with Crippen LogP contribution in [-0.2, 0) is 4.79 Å². The number of hydrogen-bond acceptors (Lipinski definition) is 3. The van der Waals surface area contributed by atoms with Crippen LogP contribution in [0.2, 0.25) is 0 Å². The smallest absolute Gasteiger partial charge is 0.252 e. The van der Waals surface area contributed by atoms with Crippen LogP contribution < -0.4 is 0 Å². The molecule has 0 atom stereocenters. The molecule has 0 bridgehead atoms. The van der Waals surface area contributed by atoms with Crippen molar-refractivity contribution in [3.8, 4) is 0 Å². The van der Waals surface area contributed by atoms with Gasteiger partial charge in [0, 0.05) is 17.4 Å². The second-order valence-corrected chi connectivity index (χ2v) is 3.99. The number of thioether (sulfide) groups is 1. The average Bonchev–Trinajstić information content (AvgIpc) is 2.04. The number of hydrogen-bond donors (Lipinski definition) is 0. The predicted molar refractivity (Wildman–Crippen MR) is 53.2 cm³/mol. The van der Waals surface area contributed by atoms with Crippen LogP contribution in [0.25, 0.3) is 0 Å². The summed E-state index contributed by atoms with van der Waals surface area (Å²) >= 11 is 6.37. The van der Waals surface area contributed by atoms with Crippen LogP contribution in [-0.4, -0.2) is 10.4 Å². The Kier molecular flexibility index (Phi) is 3.51. The van der Waals surface area contributed by atoms with Gasteiger partial charge in [-0.25, -0.2) is 0 Å². The number of carbonyl (C=O) groups is 2. The van der Waals surface area contributed by atoms with E-state index in [9.17, 15) is 9.59 Å². The maximum atomic E-state index is 10.7. The highest BCUT2D eigenvalue weighted by Gasteiger charge is 2.02. The molecule has 0 heterocycles. The van der Waals surface area contributed by atoms with Crippen molar-refractivity contribution in [2.45, 2.75) is 11.8 Å². The lowest BCUT2D eigenvalue weighted by Crippen LogP contribution is -1.88. The van der Waals surface area contributed by atoms with E-state index in [1.54, 1.807) is 24.3 Å². The van der Waals surface area contributed by atoms with Crippen molar-refractivity contribution in [3.63, 3.8) is 0 Å². The second-order valence-electron chi connectivity index (χ2n) is 2.39. The highest BCUT2D eigenvalue weighted by atomic mass is 35.5. The molecule has 2 nitrogen and oxygen atoms in total. The molecule has 68 valence electrons. The molecule has 0 amide bonds. The molecule has 13 heavy (non-hydrogen) atoms. The quantitative estimate of drug-likeness (QED) is 0.561. The Morgan fingerprint density at radius 3 is 2.15 bits per heavy atom. The van der Waals surface area contributed by atoms with Crippen molar-refractivity contribution < 1.29 is 9.59 Å². The third kappa shape index (κ3) is 3.20. The molecule has 0 saturated carbocycles. The van der Waals surface area contributed by atoms with Crippen molar-refractivity contribution >= 4 is 33.7 Å². The van der Waals surface area contributed by atoms with Gasteiger partial charge in [0.25, 0.3) is 5.24 Å². The second kappa shape index (κ2) is 4.44. The Balaban J connectivity index is 2.81. The third-order valence-electron chi connectivity index (χ3n) is 1.34. The molecule has 0 fully saturated rings. The minimum atomic E-state index is -0.487. The molecule has 1 aromatic carbocycles. The minimum Gasteiger partial charge on any atom is -0.287 e. The topological polar surface area (TPSA) is 34.1 Å². The zero-order chi connectivity index (χ0) is 9.84. The van der Waals surface area contributed by atoms with Gasteiger partial charge in [-0.3, -0.25) is 9.59 Å². The van der Waals surface area contributed by atoms with Crippen molar-refractivity contribution in [2.75, 3.05) is 0 Å². The molecule has 0 radical (unpaired) electrons. The van der Waals surface area contributed by atoms with Crippen LogP contribution in [0.1, 0.15) is 17.3 Å². The van der Waals surface area contributed by atoms with Crippen LogP contribution in [0.3, 0.4) is 0 Å². The normalized spacial score (nSPS) is 9.69. The fourth-order valence-electron chi connectivity index (χ4n) is 0.820. The molecule has 0 aliphatic rings. The van der Waals surface area contributed by atoms with Gasteiger partial charge in [0.2, 0.25) is 0 Å². The van der Waals surface area contributed by atoms with E-state index in [-0.39, 0.29) is 5.12 Å². The fraction of sp³-hybridized carbons (Fsp3) is 0.111.